The average Bonchev–Trinajstić information content (AvgIpc) is 2.03. The Labute approximate surface area is 83.0 Å². The van der Waals surface area contributed by atoms with Crippen molar-refractivity contribution in [3.8, 4) is 12.3 Å². The monoisotopic (exact) mass is 266 g/mol. The molecule has 0 radical (unpaired) electrons. The molecule has 0 aromatic carbocycles. The van der Waals surface area contributed by atoms with Crippen molar-refractivity contribution in [1.82, 2.24) is 0 Å². The molecule has 1 nitrogen and oxygen atoms in total. The zero-order valence-electron chi connectivity index (χ0n) is 6.81. The van der Waals surface area contributed by atoms with E-state index in [4.69, 9.17) is 11.2 Å². The minimum Gasteiger partial charge on any atom is -0.369 e. The molecule has 0 aromatic heterocycles. The Morgan fingerprint density at radius 3 is 2.55 bits per heavy atom. The van der Waals surface area contributed by atoms with E-state index in [-0.39, 0.29) is 0 Å². The lowest BCUT2D eigenvalue weighted by Crippen LogP contribution is -1.94. The quantitative estimate of drug-likeness (QED) is 0.298. The van der Waals surface area contributed by atoms with Gasteiger partial charge in [0.25, 0.3) is 0 Å². The largest absolute Gasteiger partial charge is 0.369 e. The summed E-state index contributed by atoms with van der Waals surface area (Å²) < 4.78 is 6.39. The van der Waals surface area contributed by atoms with E-state index in [1.807, 2.05) is 0 Å². The van der Waals surface area contributed by atoms with Gasteiger partial charge in [0, 0.05) is 6.61 Å². The highest BCUT2D eigenvalue weighted by atomic mass is 127. The highest BCUT2D eigenvalue weighted by Crippen LogP contribution is 2.01. The fraction of sp³-hybridized carbons (Fsp3) is 0.778. The summed E-state index contributed by atoms with van der Waals surface area (Å²) in [7, 11) is 0. The van der Waals surface area contributed by atoms with Crippen LogP contribution in [-0.2, 0) is 4.74 Å². The maximum Gasteiger partial charge on any atom is 0.107 e. The Hall–Kier alpha value is 0.250. The molecule has 0 saturated heterocycles. The van der Waals surface area contributed by atoms with Crippen molar-refractivity contribution in [3.05, 3.63) is 0 Å². The Kier molecular flexibility index (Phi) is 10.5. The van der Waals surface area contributed by atoms with E-state index >= 15 is 0 Å². The molecule has 0 atom stereocenters. The van der Waals surface area contributed by atoms with Crippen LogP contribution in [0.5, 0.6) is 0 Å². The van der Waals surface area contributed by atoms with E-state index in [2.05, 4.69) is 28.5 Å². The molecule has 0 fully saturated rings. The van der Waals surface area contributed by atoms with Gasteiger partial charge in [-0.3, -0.25) is 0 Å². The Bertz CT molecular complexity index is 107. The number of hydrogen-bond acceptors (Lipinski definition) is 1. The van der Waals surface area contributed by atoms with Crippen LogP contribution in [-0.4, -0.2) is 17.6 Å². The average molecular weight is 266 g/mol. The zero-order valence-corrected chi connectivity index (χ0v) is 8.97. The molecule has 0 bridgehead atoms. The van der Waals surface area contributed by atoms with Gasteiger partial charge < -0.3 is 4.74 Å². The molecule has 2 heteroatoms. The highest BCUT2D eigenvalue weighted by molar-refractivity contribution is 14.1. The van der Waals surface area contributed by atoms with Crippen molar-refractivity contribution in [2.45, 2.75) is 25.7 Å². The summed E-state index contributed by atoms with van der Waals surface area (Å²) in [6.45, 7) is 1.29. The van der Waals surface area contributed by atoms with Gasteiger partial charge in [-0.05, 0) is 17.3 Å². The van der Waals surface area contributed by atoms with Gasteiger partial charge in [-0.25, -0.2) is 0 Å². The molecular formula is C9H15IO. The van der Waals surface area contributed by atoms with Gasteiger partial charge >= 0.3 is 0 Å². The van der Waals surface area contributed by atoms with Crippen LogP contribution >= 0.6 is 22.6 Å². The van der Waals surface area contributed by atoms with Gasteiger partial charge in [0.15, 0.2) is 0 Å². The number of unbranched alkanes of at least 4 members (excludes halogenated alkanes) is 3. The number of rotatable bonds is 7. The van der Waals surface area contributed by atoms with Crippen molar-refractivity contribution in [2.75, 3.05) is 17.6 Å². The minimum atomic E-state index is 0.465. The molecule has 0 aliphatic carbocycles. The Morgan fingerprint density at radius 2 is 1.91 bits per heavy atom. The Morgan fingerprint density at radius 1 is 1.18 bits per heavy atom. The second kappa shape index (κ2) is 10.2. The topological polar surface area (TPSA) is 9.23 Å². The maximum absolute atomic E-state index is 5.13. The summed E-state index contributed by atoms with van der Waals surface area (Å²) in [6.07, 6.45) is 10.1. The first-order chi connectivity index (χ1) is 5.41. The van der Waals surface area contributed by atoms with E-state index in [1.54, 1.807) is 0 Å². The smallest absolute Gasteiger partial charge is 0.107 e. The standard InChI is InChI=1S/C9H15IO/c1-2-8-11-9-6-4-3-5-7-10/h1H,3-9H2. The lowest BCUT2D eigenvalue weighted by molar-refractivity contribution is 0.162. The normalized spacial score (nSPS) is 9.45. The predicted molar refractivity (Wildman–Crippen MR) is 57.0 cm³/mol. The molecule has 64 valence electrons. The molecule has 0 rings (SSSR count). The van der Waals surface area contributed by atoms with E-state index in [0.717, 1.165) is 13.0 Å². The number of terminal acetylenes is 1. The second-order valence-corrected chi connectivity index (χ2v) is 3.44. The molecule has 0 saturated carbocycles. The van der Waals surface area contributed by atoms with Crippen LogP contribution in [0.1, 0.15) is 25.7 Å². The van der Waals surface area contributed by atoms with Crippen LogP contribution in [0.2, 0.25) is 0 Å². The molecular weight excluding hydrogens is 251 g/mol. The fourth-order valence-corrected chi connectivity index (χ4v) is 1.32. The molecule has 0 amide bonds. The minimum absolute atomic E-state index is 0.465. The van der Waals surface area contributed by atoms with Crippen LogP contribution in [0.15, 0.2) is 0 Å². The summed E-state index contributed by atoms with van der Waals surface area (Å²) in [5.74, 6) is 2.45. The molecule has 11 heavy (non-hydrogen) atoms. The SMILES string of the molecule is C#CCOCCCCCCI. The summed E-state index contributed by atoms with van der Waals surface area (Å²) in [5, 5.41) is 0. The first-order valence-corrected chi connectivity index (χ1v) is 5.51. The maximum atomic E-state index is 5.13. The molecule has 0 spiro atoms. The molecule has 0 unspecified atom stereocenters. The van der Waals surface area contributed by atoms with Crippen LogP contribution in [0.25, 0.3) is 0 Å². The third kappa shape index (κ3) is 10.2. The number of ether oxygens (including phenoxy) is 1. The van der Waals surface area contributed by atoms with Gasteiger partial charge in [-0.2, -0.15) is 0 Å². The molecule has 0 aliphatic heterocycles. The Balaban J connectivity index is 2.75. The van der Waals surface area contributed by atoms with Crippen molar-refractivity contribution in [3.63, 3.8) is 0 Å². The third-order valence-corrected chi connectivity index (χ3v) is 2.12. The van der Waals surface area contributed by atoms with Crippen LogP contribution < -0.4 is 0 Å². The van der Waals surface area contributed by atoms with Crippen molar-refractivity contribution in [1.29, 1.82) is 0 Å². The van der Waals surface area contributed by atoms with Crippen molar-refractivity contribution >= 4 is 22.6 Å². The van der Waals surface area contributed by atoms with Crippen molar-refractivity contribution < 1.29 is 4.74 Å². The van der Waals surface area contributed by atoms with Crippen LogP contribution in [0.4, 0.5) is 0 Å². The summed E-state index contributed by atoms with van der Waals surface area (Å²) in [4.78, 5) is 0. The first kappa shape index (κ1) is 11.2. The number of alkyl halides is 1. The fourth-order valence-electron chi connectivity index (χ4n) is 0.783. The lowest BCUT2D eigenvalue weighted by atomic mass is 10.2. The zero-order chi connectivity index (χ0) is 8.36. The van der Waals surface area contributed by atoms with E-state index in [0.29, 0.717) is 6.61 Å². The van der Waals surface area contributed by atoms with Crippen LogP contribution in [0, 0.1) is 12.3 Å². The first-order valence-electron chi connectivity index (χ1n) is 3.99. The van der Waals surface area contributed by atoms with Gasteiger partial charge in [-0.1, -0.05) is 41.4 Å². The predicted octanol–water partition coefficient (Wildman–Crippen LogP) is 2.63. The van der Waals surface area contributed by atoms with Gasteiger partial charge in [0.1, 0.15) is 6.61 Å². The molecule has 0 aliphatic rings. The second-order valence-electron chi connectivity index (χ2n) is 2.36. The number of hydrogen-bond donors (Lipinski definition) is 0. The molecule has 0 heterocycles. The van der Waals surface area contributed by atoms with E-state index in [9.17, 15) is 0 Å². The lowest BCUT2D eigenvalue weighted by Gasteiger charge is -1.99. The van der Waals surface area contributed by atoms with E-state index < -0.39 is 0 Å². The summed E-state index contributed by atoms with van der Waals surface area (Å²) in [5.41, 5.74) is 0. The number of halogens is 1. The van der Waals surface area contributed by atoms with Gasteiger partial charge in [-0.15, -0.1) is 6.42 Å². The van der Waals surface area contributed by atoms with Crippen LogP contribution in [0.3, 0.4) is 0 Å². The molecule has 0 aromatic rings. The van der Waals surface area contributed by atoms with E-state index in [1.165, 1.54) is 23.7 Å². The summed E-state index contributed by atoms with van der Waals surface area (Å²) in [6, 6.07) is 0. The third-order valence-electron chi connectivity index (χ3n) is 1.36. The summed E-state index contributed by atoms with van der Waals surface area (Å²) >= 11 is 2.40. The highest BCUT2D eigenvalue weighted by Gasteiger charge is 1.88. The van der Waals surface area contributed by atoms with Gasteiger partial charge in [0.2, 0.25) is 0 Å². The van der Waals surface area contributed by atoms with Gasteiger partial charge in [0.05, 0.1) is 0 Å². The molecule has 0 N–H and O–H groups in total. The van der Waals surface area contributed by atoms with Crippen molar-refractivity contribution in [2.24, 2.45) is 0 Å².